The zero-order chi connectivity index (χ0) is 37.6. The Bertz CT molecular complexity index is 1520. The number of alkyl carbamates (subject to hydrolysis) is 1. The molecule has 1 aliphatic carbocycles. The minimum absolute atomic E-state index is 0.0204. The fourth-order valence-electron chi connectivity index (χ4n) is 7.00. The van der Waals surface area contributed by atoms with Crippen molar-refractivity contribution in [1.82, 2.24) is 25.3 Å². The summed E-state index contributed by atoms with van der Waals surface area (Å²) >= 11 is 0. The van der Waals surface area contributed by atoms with Gasteiger partial charge in [0.1, 0.15) is 41.7 Å². The van der Waals surface area contributed by atoms with Gasteiger partial charge in [0.25, 0.3) is 0 Å². The first-order valence-corrected chi connectivity index (χ1v) is 18.5. The van der Waals surface area contributed by atoms with Crippen molar-refractivity contribution in [3.8, 4) is 5.75 Å². The predicted octanol–water partition coefficient (Wildman–Crippen LogP) is 3.90. The molecule has 3 aliphatic heterocycles. The third-order valence-electron chi connectivity index (χ3n) is 9.80. The summed E-state index contributed by atoms with van der Waals surface area (Å²) in [4.78, 5) is 73.1. The number of fused-ring (bicyclic) bond motifs is 3. The minimum atomic E-state index is -1.24. The summed E-state index contributed by atoms with van der Waals surface area (Å²) < 4.78 is 22.7. The number of carbonyl (C=O) groups excluding carboxylic acids is 5. The van der Waals surface area contributed by atoms with E-state index < -0.39 is 59.3 Å². The van der Waals surface area contributed by atoms with Gasteiger partial charge in [-0.3, -0.25) is 14.5 Å². The van der Waals surface area contributed by atoms with Gasteiger partial charge < -0.3 is 39.4 Å². The van der Waals surface area contributed by atoms with Crippen molar-refractivity contribution in [2.45, 2.75) is 115 Å². The SMILES string of the molecule is CCOC(=O)[C@@]12C[C@H]1/C=C\CCCCC[C@H](NC(=O)OC(C)(C)C)C(=O)N1C[C@H](OC(=O)N3Cc4ccc(OCCN(C)C)cc4C3)C[C@H]1C(=O)N2. The van der Waals surface area contributed by atoms with Crippen molar-refractivity contribution in [2.75, 3.05) is 40.4 Å². The maximum atomic E-state index is 14.3. The van der Waals surface area contributed by atoms with Crippen molar-refractivity contribution in [3.63, 3.8) is 0 Å². The average molecular weight is 726 g/mol. The number of carbonyl (C=O) groups is 5. The lowest BCUT2D eigenvalue weighted by atomic mass is 10.0. The Hall–Kier alpha value is -4.33. The maximum absolute atomic E-state index is 14.3. The Labute approximate surface area is 306 Å². The molecule has 0 spiro atoms. The second kappa shape index (κ2) is 16.6. The van der Waals surface area contributed by atoms with E-state index in [-0.39, 0.29) is 25.5 Å². The van der Waals surface area contributed by atoms with E-state index in [2.05, 4.69) is 10.6 Å². The van der Waals surface area contributed by atoms with Gasteiger partial charge in [-0.1, -0.05) is 31.1 Å². The van der Waals surface area contributed by atoms with Crippen LogP contribution in [-0.4, -0.2) is 114 Å². The van der Waals surface area contributed by atoms with Gasteiger partial charge in [-0.05, 0) is 90.7 Å². The molecular weight excluding hydrogens is 670 g/mol. The number of likely N-dealkylation sites (N-methyl/N-ethyl adjacent to an activating group) is 1. The lowest BCUT2D eigenvalue weighted by Crippen LogP contribution is -2.56. The van der Waals surface area contributed by atoms with Crippen molar-refractivity contribution in [2.24, 2.45) is 5.92 Å². The van der Waals surface area contributed by atoms with Crippen LogP contribution in [0.15, 0.2) is 30.4 Å². The molecule has 0 unspecified atom stereocenters. The highest BCUT2D eigenvalue weighted by Gasteiger charge is 2.62. The van der Waals surface area contributed by atoms with E-state index in [0.29, 0.717) is 39.0 Å². The van der Waals surface area contributed by atoms with Crippen LogP contribution < -0.4 is 15.4 Å². The van der Waals surface area contributed by atoms with Gasteiger partial charge in [0.2, 0.25) is 11.8 Å². The number of esters is 1. The molecule has 5 rings (SSSR count). The molecule has 14 heteroatoms. The van der Waals surface area contributed by atoms with E-state index >= 15 is 0 Å². The highest BCUT2D eigenvalue weighted by Crippen LogP contribution is 2.46. The molecule has 0 radical (unpaired) electrons. The zero-order valence-corrected chi connectivity index (χ0v) is 31.4. The molecule has 2 N–H and O–H groups in total. The van der Waals surface area contributed by atoms with Crippen LogP contribution in [0.2, 0.25) is 0 Å². The van der Waals surface area contributed by atoms with Crippen LogP contribution in [0.4, 0.5) is 9.59 Å². The number of rotatable bonds is 8. The van der Waals surface area contributed by atoms with Crippen molar-refractivity contribution in [3.05, 3.63) is 41.5 Å². The average Bonchev–Trinajstić information content (AvgIpc) is 3.36. The predicted molar refractivity (Wildman–Crippen MR) is 191 cm³/mol. The number of benzene rings is 1. The molecule has 3 heterocycles. The topological polar surface area (TPSA) is 156 Å². The number of amides is 4. The van der Waals surface area contributed by atoms with Gasteiger partial charge in [-0.15, -0.1) is 0 Å². The molecule has 1 saturated heterocycles. The monoisotopic (exact) mass is 725 g/mol. The normalized spacial score (nSPS) is 26.9. The first-order valence-electron chi connectivity index (χ1n) is 18.5. The van der Waals surface area contributed by atoms with Gasteiger partial charge >= 0.3 is 18.2 Å². The zero-order valence-electron chi connectivity index (χ0n) is 31.4. The summed E-state index contributed by atoms with van der Waals surface area (Å²) in [5.74, 6) is -1.06. The Kier molecular flexibility index (Phi) is 12.4. The molecule has 1 aromatic rings. The third-order valence-corrected chi connectivity index (χ3v) is 9.80. The second-order valence-corrected chi connectivity index (χ2v) is 15.4. The van der Waals surface area contributed by atoms with Crippen molar-refractivity contribution < 1.29 is 42.9 Å². The Morgan fingerprint density at radius 1 is 1.08 bits per heavy atom. The van der Waals surface area contributed by atoms with E-state index in [0.717, 1.165) is 42.7 Å². The quantitative estimate of drug-likeness (QED) is 0.229. The number of nitrogens with zero attached hydrogens (tertiary/aromatic N) is 3. The van der Waals surface area contributed by atoms with Crippen molar-refractivity contribution >= 4 is 30.0 Å². The standard InChI is InChI=1S/C38H55N5O9/c1-7-49-34(46)38-21-27(38)13-11-9-8-10-12-14-30(39-35(47)52-37(2,3)4)33(45)43-24-29(20-31(43)32(44)40-38)51-36(48)42-22-25-15-16-28(19-26(25)23-42)50-18-17-41(5)6/h11,13,15-16,19,27,29-31H,7-10,12,14,17-18,20-24H2,1-6H3,(H,39,47)(H,40,44)/b13-11-/t27-,29-,30+,31+,38-/m1/s1. The van der Waals surface area contributed by atoms with Crippen LogP contribution in [0.1, 0.15) is 83.8 Å². The van der Waals surface area contributed by atoms with Gasteiger partial charge in [0.15, 0.2) is 0 Å². The highest BCUT2D eigenvalue weighted by atomic mass is 16.6. The number of ether oxygens (including phenoxy) is 4. The molecule has 4 amide bonds. The number of hydrogen-bond acceptors (Lipinski definition) is 10. The number of nitrogens with one attached hydrogen (secondary N) is 2. The van der Waals surface area contributed by atoms with Gasteiger partial charge in [0.05, 0.1) is 13.2 Å². The number of allylic oxidation sites excluding steroid dienone is 1. The summed E-state index contributed by atoms with van der Waals surface area (Å²) in [5, 5.41) is 5.67. The molecular formula is C38H55N5O9. The molecule has 2 fully saturated rings. The Balaban J connectivity index is 1.33. The molecule has 0 bridgehead atoms. The second-order valence-electron chi connectivity index (χ2n) is 15.4. The van der Waals surface area contributed by atoms with E-state index in [1.807, 2.05) is 49.3 Å². The van der Waals surface area contributed by atoms with E-state index in [4.69, 9.17) is 18.9 Å². The minimum Gasteiger partial charge on any atom is -0.492 e. The lowest BCUT2D eigenvalue weighted by molar-refractivity contribution is -0.150. The summed E-state index contributed by atoms with van der Waals surface area (Å²) in [6.45, 7) is 9.01. The van der Waals surface area contributed by atoms with Crippen molar-refractivity contribution in [1.29, 1.82) is 0 Å². The van der Waals surface area contributed by atoms with Crippen LogP contribution in [0.5, 0.6) is 5.75 Å². The lowest BCUT2D eigenvalue weighted by Gasteiger charge is -2.30. The van der Waals surface area contributed by atoms with Crippen LogP contribution >= 0.6 is 0 Å². The van der Waals surface area contributed by atoms with E-state index in [1.165, 1.54) is 4.90 Å². The van der Waals surface area contributed by atoms with E-state index in [9.17, 15) is 24.0 Å². The van der Waals surface area contributed by atoms with Crippen LogP contribution in [0.25, 0.3) is 0 Å². The third kappa shape index (κ3) is 9.75. The first-order chi connectivity index (χ1) is 24.7. The summed E-state index contributed by atoms with van der Waals surface area (Å²) in [6.07, 6.45) is 5.68. The van der Waals surface area contributed by atoms with Crippen LogP contribution in [-0.2, 0) is 41.7 Å². The van der Waals surface area contributed by atoms with Gasteiger partial charge in [0, 0.05) is 32.0 Å². The fourth-order valence-corrected chi connectivity index (χ4v) is 7.00. The van der Waals surface area contributed by atoms with Gasteiger partial charge in [-0.25, -0.2) is 14.4 Å². The molecule has 4 aliphatic rings. The molecule has 1 aromatic carbocycles. The van der Waals surface area contributed by atoms with Crippen LogP contribution in [0.3, 0.4) is 0 Å². The number of hydrogen-bond donors (Lipinski definition) is 2. The largest absolute Gasteiger partial charge is 0.492 e. The molecule has 286 valence electrons. The molecule has 5 atom stereocenters. The fraction of sp³-hybridized carbons (Fsp3) is 0.658. The first kappa shape index (κ1) is 38.9. The summed E-state index contributed by atoms with van der Waals surface area (Å²) in [7, 11) is 3.95. The Morgan fingerprint density at radius 3 is 2.58 bits per heavy atom. The Morgan fingerprint density at radius 2 is 1.85 bits per heavy atom. The maximum Gasteiger partial charge on any atom is 0.410 e. The van der Waals surface area contributed by atoms with Gasteiger partial charge in [-0.2, -0.15) is 0 Å². The highest BCUT2D eigenvalue weighted by molar-refractivity contribution is 5.96. The summed E-state index contributed by atoms with van der Waals surface area (Å²) in [6, 6.07) is 3.73. The smallest absolute Gasteiger partial charge is 0.410 e. The van der Waals surface area contributed by atoms with E-state index in [1.54, 1.807) is 32.6 Å². The molecule has 14 nitrogen and oxygen atoms in total. The molecule has 1 saturated carbocycles. The molecule has 0 aromatic heterocycles. The van der Waals surface area contributed by atoms with Crippen LogP contribution in [0, 0.1) is 5.92 Å². The summed E-state index contributed by atoms with van der Waals surface area (Å²) in [5.41, 5.74) is -0.0786. The molecule has 52 heavy (non-hydrogen) atoms.